The summed E-state index contributed by atoms with van der Waals surface area (Å²) >= 11 is 0. The lowest BCUT2D eigenvalue weighted by Gasteiger charge is -2.19. The van der Waals surface area contributed by atoms with Gasteiger partial charge in [0.05, 0.1) is 18.8 Å². The number of nitrogens with one attached hydrogen (secondary N) is 2. The van der Waals surface area contributed by atoms with E-state index < -0.39 is 16.4 Å². The van der Waals surface area contributed by atoms with Crippen LogP contribution in [-0.2, 0) is 19.9 Å². The van der Waals surface area contributed by atoms with E-state index in [1.807, 2.05) is 6.07 Å². The molecular formula is C20H28N6O4S. The van der Waals surface area contributed by atoms with Gasteiger partial charge in [0.1, 0.15) is 6.33 Å². The quantitative estimate of drug-likeness (QED) is 0.493. The molecule has 1 heterocycles. The molecule has 1 unspecified atom stereocenters. The normalized spacial score (nSPS) is 27.1. The molecule has 1 saturated carbocycles. The molecule has 2 aromatic rings. The SMILES string of the molecule is CC1(C)CC(Nc2ncnc(N[C@@H]3C[C@@H](COS(N)(=O)=O)[C@@H](O)C3)n2)c2ccccc21. The Bertz CT molecular complexity index is 1050. The fourth-order valence-corrected chi connectivity index (χ4v) is 5.00. The summed E-state index contributed by atoms with van der Waals surface area (Å²) < 4.78 is 26.6. The van der Waals surface area contributed by atoms with Gasteiger partial charge in [-0.2, -0.15) is 13.4 Å². The number of benzene rings is 1. The Labute approximate surface area is 181 Å². The zero-order valence-corrected chi connectivity index (χ0v) is 18.3. The van der Waals surface area contributed by atoms with Gasteiger partial charge in [0.15, 0.2) is 0 Å². The van der Waals surface area contributed by atoms with Crippen molar-refractivity contribution in [3.63, 3.8) is 0 Å². The number of fused-ring (bicyclic) bond motifs is 1. The minimum atomic E-state index is -4.03. The Kier molecular flexibility index (Phi) is 5.86. The minimum absolute atomic E-state index is 0.0659. The fraction of sp³-hybridized carbons (Fsp3) is 0.550. The molecule has 0 spiro atoms. The summed E-state index contributed by atoms with van der Waals surface area (Å²) in [6, 6.07) is 8.38. The molecule has 5 N–H and O–H groups in total. The van der Waals surface area contributed by atoms with Gasteiger partial charge in [-0.1, -0.05) is 38.1 Å². The third kappa shape index (κ3) is 5.12. The largest absolute Gasteiger partial charge is 0.393 e. The van der Waals surface area contributed by atoms with Gasteiger partial charge >= 0.3 is 10.3 Å². The standard InChI is InChI=1S/C20H28N6O4S/c1-20(2)9-16(14-5-3-4-6-15(14)20)25-19-23-11-22-18(26-19)24-13-7-12(17(27)8-13)10-30-31(21,28)29/h3-6,11-13,16-17,27H,7-10H2,1-2H3,(H2,21,28,29)(H2,22,23,24,25,26)/t12-,13+,16?,17-/m0/s1. The van der Waals surface area contributed by atoms with Crippen molar-refractivity contribution in [2.75, 3.05) is 17.2 Å². The molecule has 1 aromatic heterocycles. The number of rotatable bonds is 7. The summed E-state index contributed by atoms with van der Waals surface area (Å²) in [4.78, 5) is 12.9. The van der Waals surface area contributed by atoms with Crippen LogP contribution in [0.2, 0.25) is 0 Å². The van der Waals surface area contributed by atoms with Gasteiger partial charge in [-0.05, 0) is 35.8 Å². The first-order valence-electron chi connectivity index (χ1n) is 10.3. The van der Waals surface area contributed by atoms with Crippen LogP contribution in [-0.4, -0.2) is 47.2 Å². The maximum Gasteiger partial charge on any atom is 0.333 e. The van der Waals surface area contributed by atoms with Gasteiger partial charge in [0.2, 0.25) is 11.9 Å². The smallest absolute Gasteiger partial charge is 0.333 e. The average molecular weight is 449 g/mol. The monoisotopic (exact) mass is 448 g/mol. The molecule has 4 atom stereocenters. The van der Waals surface area contributed by atoms with E-state index in [1.165, 1.54) is 17.5 Å². The van der Waals surface area contributed by atoms with Crippen LogP contribution in [0, 0.1) is 5.92 Å². The Hall–Kier alpha value is -2.34. The maximum atomic E-state index is 11.0. The van der Waals surface area contributed by atoms with E-state index in [9.17, 15) is 13.5 Å². The molecule has 11 heteroatoms. The molecule has 0 saturated heterocycles. The van der Waals surface area contributed by atoms with Crippen LogP contribution in [0.3, 0.4) is 0 Å². The number of anilines is 2. The van der Waals surface area contributed by atoms with Crippen molar-refractivity contribution in [1.29, 1.82) is 0 Å². The first kappa shape index (κ1) is 21.9. The second kappa shape index (κ2) is 8.30. The van der Waals surface area contributed by atoms with Crippen LogP contribution in [0.15, 0.2) is 30.6 Å². The van der Waals surface area contributed by atoms with E-state index in [2.05, 4.69) is 61.8 Å². The van der Waals surface area contributed by atoms with Crippen molar-refractivity contribution in [3.05, 3.63) is 41.7 Å². The van der Waals surface area contributed by atoms with Crippen LogP contribution in [0.4, 0.5) is 11.9 Å². The van der Waals surface area contributed by atoms with Crippen LogP contribution >= 0.6 is 0 Å². The first-order chi connectivity index (χ1) is 14.6. The highest BCUT2D eigenvalue weighted by Gasteiger charge is 2.37. The molecule has 10 nitrogen and oxygen atoms in total. The summed E-state index contributed by atoms with van der Waals surface area (Å²) in [7, 11) is -4.03. The second-order valence-corrected chi connectivity index (χ2v) is 10.1. The molecule has 0 amide bonds. The van der Waals surface area contributed by atoms with Crippen molar-refractivity contribution in [1.82, 2.24) is 15.0 Å². The van der Waals surface area contributed by atoms with Gasteiger partial charge in [-0.15, -0.1) is 0 Å². The second-order valence-electron chi connectivity index (χ2n) is 8.92. The summed E-state index contributed by atoms with van der Waals surface area (Å²) in [6.07, 6.45) is 2.61. The summed E-state index contributed by atoms with van der Waals surface area (Å²) in [5.74, 6) is 0.531. The third-order valence-electron chi connectivity index (χ3n) is 6.09. The lowest BCUT2D eigenvalue weighted by Crippen LogP contribution is -2.24. The third-order valence-corrected chi connectivity index (χ3v) is 6.56. The summed E-state index contributed by atoms with van der Waals surface area (Å²) in [6.45, 7) is 4.31. The lowest BCUT2D eigenvalue weighted by atomic mass is 9.86. The number of aromatic nitrogens is 3. The topological polar surface area (TPSA) is 152 Å². The molecule has 168 valence electrons. The highest BCUT2D eigenvalue weighted by Crippen LogP contribution is 2.45. The zero-order chi connectivity index (χ0) is 22.2. The van der Waals surface area contributed by atoms with Crippen molar-refractivity contribution >= 4 is 22.2 Å². The Morgan fingerprint density at radius 1 is 1.19 bits per heavy atom. The van der Waals surface area contributed by atoms with E-state index in [1.54, 1.807) is 0 Å². The van der Waals surface area contributed by atoms with E-state index in [-0.39, 0.29) is 30.0 Å². The number of nitrogens with two attached hydrogens (primary N) is 1. The highest BCUT2D eigenvalue weighted by molar-refractivity contribution is 7.84. The highest BCUT2D eigenvalue weighted by atomic mass is 32.2. The predicted molar refractivity (Wildman–Crippen MR) is 115 cm³/mol. The van der Waals surface area contributed by atoms with Crippen LogP contribution in [0.5, 0.6) is 0 Å². The van der Waals surface area contributed by atoms with E-state index in [0.29, 0.717) is 24.7 Å². The molecule has 2 aliphatic carbocycles. The summed E-state index contributed by atoms with van der Waals surface area (Å²) in [5, 5.41) is 21.7. The Morgan fingerprint density at radius 2 is 1.90 bits per heavy atom. The predicted octanol–water partition coefficient (Wildman–Crippen LogP) is 1.48. The van der Waals surface area contributed by atoms with Gasteiger partial charge in [0.25, 0.3) is 0 Å². The Balaban J connectivity index is 1.40. The van der Waals surface area contributed by atoms with Crippen molar-refractivity contribution in [2.45, 2.75) is 56.7 Å². The molecule has 0 bridgehead atoms. The molecule has 31 heavy (non-hydrogen) atoms. The van der Waals surface area contributed by atoms with Crippen LogP contribution in [0.25, 0.3) is 0 Å². The number of hydrogen-bond acceptors (Lipinski definition) is 9. The van der Waals surface area contributed by atoms with Gasteiger partial charge in [-0.25, -0.2) is 15.1 Å². The van der Waals surface area contributed by atoms with Crippen molar-refractivity contribution in [2.24, 2.45) is 11.1 Å². The number of aliphatic hydroxyl groups is 1. The van der Waals surface area contributed by atoms with E-state index in [0.717, 1.165) is 6.42 Å². The maximum absolute atomic E-state index is 11.0. The van der Waals surface area contributed by atoms with E-state index in [4.69, 9.17) is 5.14 Å². The molecule has 0 radical (unpaired) electrons. The average Bonchev–Trinajstić information content (AvgIpc) is 3.16. The Morgan fingerprint density at radius 3 is 2.65 bits per heavy atom. The van der Waals surface area contributed by atoms with Crippen LogP contribution in [0.1, 0.15) is 50.3 Å². The summed E-state index contributed by atoms with van der Waals surface area (Å²) in [5.41, 5.74) is 2.64. The minimum Gasteiger partial charge on any atom is -0.393 e. The molecular weight excluding hydrogens is 420 g/mol. The fourth-order valence-electron chi connectivity index (χ4n) is 4.63. The molecule has 4 rings (SSSR count). The van der Waals surface area contributed by atoms with Crippen molar-refractivity contribution in [3.8, 4) is 0 Å². The number of hydrogen-bond donors (Lipinski definition) is 4. The first-order valence-corrected chi connectivity index (χ1v) is 11.7. The molecule has 1 fully saturated rings. The number of aliphatic hydroxyl groups excluding tert-OH is 1. The number of nitrogens with zero attached hydrogens (tertiary/aromatic N) is 3. The van der Waals surface area contributed by atoms with Crippen molar-refractivity contribution < 1.29 is 17.7 Å². The molecule has 0 aliphatic heterocycles. The van der Waals surface area contributed by atoms with Gasteiger partial charge < -0.3 is 15.7 Å². The van der Waals surface area contributed by atoms with Gasteiger partial charge in [-0.3, -0.25) is 4.18 Å². The van der Waals surface area contributed by atoms with Crippen LogP contribution < -0.4 is 15.8 Å². The molecule has 1 aromatic carbocycles. The van der Waals surface area contributed by atoms with E-state index >= 15 is 0 Å². The molecule has 2 aliphatic rings. The van der Waals surface area contributed by atoms with Gasteiger partial charge in [0, 0.05) is 12.0 Å². The lowest BCUT2D eigenvalue weighted by molar-refractivity contribution is 0.101. The zero-order valence-electron chi connectivity index (χ0n) is 17.5.